The summed E-state index contributed by atoms with van der Waals surface area (Å²) in [5.41, 5.74) is 5.35. The summed E-state index contributed by atoms with van der Waals surface area (Å²) in [7, 11) is 4.09. The van der Waals surface area contributed by atoms with E-state index in [1.807, 2.05) is 58.3 Å². The van der Waals surface area contributed by atoms with E-state index in [1.165, 1.54) is 5.56 Å². The van der Waals surface area contributed by atoms with Crippen molar-refractivity contribution in [2.24, 2.45) is 0 Å². The number of carbonyl (C=O) groups is 1. The van der Waals surface area contributed by atoms with E-state index in [0.717, 1.165) is 28.9 Å². The number of rotatable bonds is 5. The van der Waals surface area contributed by atoms with Crippen molar-refractivity contribution in [2.75, 3.05) is 19.4 Å². The minimum absolute atomic E-state index is 0.180. The molecule has 0 aliphatic rings. The maximum absolute atomic E-state index is 12.1. The van der Waals surface area contributed by atoms with Crippen LogP contribution in [0.1, 0.15) is 22.3 Å². The number of aryl methyl sites for hydroxylation is 2. The van der Waals surface area contributed by atoms with Crippen molar-refractivity contribution in [2.45, 2.75) is 26.9 Å². The van der Waals surface area contributed by atoms with Gasteiger partial charge in [-0.25, -0.2) is 4.79 Å². The molecule has 0 saturated heterocycles. The molecule has 0 bridgehead atoms. The van der Waals surface area contributed by atoms with Gasteiger partial charge in [0, 0.05) is 18.8 Å². The number of urea groups is 1. The molecule has 2 aromatic carbocycles. The smallest absolute Gasteiger partial charge is 0.319 e. The van der Waals surface area contributed by atoms with Crippen LogP contribution in [0.15, 0.2) is 42.5 Å². The SMILES string of the molecule is Cc1cccc(C)c1NC(=O)NCc1cccc(CN(C)C)c1. The van der Waals surface area contributed by atoms with E-state index >= 15 is 0 Å². The van der Waals surface area contributed by atoms with Crippen molar-refractivity contribution in [3.63, 3.8) is 0 Å². The van der Waals surface area contributed by atoms with Crippen LogP contribution in [0.5, 0.6) is 0 Å². The Morgan fingerprint density at radius 2 is 1.61 bits per heavy atom. The van der Waals surface area contributed by atoms with Gasteiger partial charge in [-0.05, 0) is 50.2 Å². The maximum atomic E-state index is 12.1. The van der Waals surface area contributed by atoms with Crippen molar-refractivity contribution < 1.29 is 4.79 Å². The number of hydrogen-bond donors (Lipinski definition) is 2. The van der Waals surface area contributed by atoms with Gasteiger partial charge in [0.15, 0.2) is 0 Å². The zero-order chi connectivity index (χ0) is 16.8. The molecule has 2 rings (SSSR count). The zero-order valence-electron chi connectivity index (χ0n) is 14.3. The Labute approximate surface area is 138 Å². The van der Waals surface area contributed by atoms with E-state index < -0.39 is 0 Å². The highest BCUT2D eigenvalue weighted by molar-refractivity contribution is 5.90. The molecule has 4 nitrogen and oxygen atoms in total. The molecule has 2 aromatic rings. The summed E-state index contributed by atoms with van der Waals surface area (Å²) < 4.78 is 0. The van der Waals surface area contributed by atoms with E-state index in [-0.39, 0.29) is 6.03 Å². The molecule has 23 heavy (non-hydrogen) atoms. The Morgan fingerprint density at radius 1 is 1.00 bits per heavy atom. The quantitative estimate of drug-likeness (QED) is 0.884. The fourth-order valence-corrected chi connectivity index (χ4v) is 2.55. The Balaban J connectivity index is 1.94. The summed E-state index contributed by atoms with van der Waals surface area (Å²) in [5.74, 6) is 0. The fraction of sp³-hybridized carbons (Fsp3) is 0.316. The lowest BCUT2D eigenvalue weighted by atomic mass is 10.1. The van der Waals surface area contributed by atoms with Crippen LogP contribution in [-0.2, 0) is 13.1 Å². The molecule has 0 aliphatic carbocycles. The van der Waals surface area contributed by atoms with Crippen molar-refractivity contribution >= 4 is 11.7 Å². The summed E-state index contributed by atoms with van der Waals surface area (Å²) in [5, 5.41) is 5.86. The summed E-state index contributed by atoms with van der Waals surface area (Å²) in [6.45, 7) is 5.39. The molecule has 4 heteroatoms. The van der Waals surface area contributed by atoms with Gasteiger partial charge in [0.1, 0.15) is 0 Å². The predicted octanol–water partition coefficient (Wildman–Crippen LogP) is 3.69. The molecule has 0 aliphatic heterocycles. The third-order valence-electron chi connectivity index (χ3n) is 3.66. The van der Waals surface area contributed by atoms with Gasteiger partial charge in [0.25, 0.3) is 0 Å². The number of anilines is 1. The second-order valence-electron chi connectivity index (χ2n) is 6.13. The summed E-state index contributed by atoms with van der Waals surface area (Å²) in [6.07, 6.45) is 0. The number of nitrogens with zero attached hydrogens (tertiary/aromatic N) is 1. The van der Waals surface area contributed by atoms with Gasteiger partial charge >= 0.3 is 6.03 Å². The number of benzene rings is 2. The Bertz CT molecular complexity index is 660. The van der Waals surface area contributed by atoms with Crippen molar-refractivity contribution in [3.8, 4) is 0 Å². The average Bonchev–Trinajstić information content (AvgIpc) is 2.49. The second kappa shape index (κ2) is 7.79. The van der Waals surface area contributed by atoms with Gasteiger partial charge in [-0.15, -0.1) is 0 Å². The molecular weight excluding hydrogens is 286 g/mol. The molecule has 0 atom stereocenters. The van der Waals surface area contributed by atoms with Gasteiger partial charge in [-0.2, -0.15) is 0 Å². The standard InChI is InChI=1S/C19H25N3O/c1-14-7-5-8-15(2)18(14)21-19(23)20-12-16-9-6-10-17(11-16)13-22(3)4/h5-11H,12-13H2,1-4H3,(H2,20,21,23). The Hall–Kier alpha value is -2.33. The third-order valence-corrected chi connectivity index (χ3v) is 3.66. The molecule has 2 amide bonds. The van der Waals surface area contributed by atoms with E-state index in [2.05, 4.69) is 27.7 Å². The third kappa shape index (κ3) is 5.11. The second-order valence-corrected chi connectivity index (χ2v) is 6.13. The number of nitrogens with one attached hydrogen (secondary N) is 2. The maximum Gasteiger partial charge on any atom is 0.319 e. The first-order valence-electron chi connectivity index (χ1n) is 7.79. The lowest BCUT2D eigenvalue weighted by Crippen LogP contribution is -2.28. The van der Waals surface area contributed by atoms with Crippen molar-refractivity contribution in [1.82, 2.24) is 10.2 Å². The number of hydrogen-bond acceptors (Lipinski definition) is 2. The molecule has 0 unspecified atom stereocenters. The van der Waals surface area contributed by atoms with Crippen LogP contribution in [0.2, 0.25) is 0 Å². The first-order valence-corrected chi connectivity index (χ1v) is 7.79. The van der Waals surface area contributed by atoms with Gasteiger partial charge < -0.3 is 15.5 Å². The van der Waals surface area contributed by atoms with Gasteiger partial charge in [0.05, 0.1) is 0 Å². The van der Waals surface area contributed by atoms with Crippen LogP contribution >= 0.6 is 0 Å². The van der Waals surface area contributed by atoms with Crippen LogP contribution in [0.3, 0.4) is 0 Å². The molecule has 0 heterocycles. The first-order chi connectivity index (χ1) is 11.0. The van der Waals surface area contributed by atoms with Gasteiger partial charge in [-0.1, -0.05) is 42.5 Å². The van der Waals surface area contributed by atoms with Gasteiger partial charge in [0.2, 0.25) is 0 Å². The van der Waals surface area contributed by atoms with Crippen LogP contribution in [0, 0.1) is 13.8 Å². The molecule has 122 valence electrons. The fourth-order valence-electron chi connectivity index (χ4n) is 2.55. The average molecular weight is 311 g/mol. The normalized spacial score (nSPS) is 10.7. The Kier molecular flexibility index (Phi) is 5.77. The lowest BCUT2D eigenvalue weighted by Gasteiger charge is -2.13. The summed E-state index contributed by atoms with van der Waals surface area (Å²) >= 11 is 0. The highest BCUT2D eigenvalue weighted by Gasteiger charge is 2.07. The monoisotopic (exact) mass is 311 g/mol. The van der Waals surface area contributed by atoms with E-state index in [9.17, 15) is 4.79 Å². The number of para-hydroxylation sites is 1. The topological polar surface area (TPSA) is 44.4 Å². The minimum Gasteiger partial charge on any atom is -0.334 e. The van der Waals surface area contributed by atoms with E-state index in [0.29, 0.717) is 6.54 Å². The molecule has 0 radical (unpaired) electrons. The van der Waals surface area contributed by atoms with E-state index in [1.54, 1.807) is 0 Å². The largest absolute Gasteiger partial charge is 0.334 e. The summed E-state index contributed by atoms with van der Waals surface area (Å²) in [4.78, 5) is 14.2. The number of carbonyl (C=O) groups excluding carboxylic acids is 1. The molecular formula is C19H25N3O. The molecule has 0 fully saturated rings. The summed E-state index contributed by atoms with van der Waals surface area (Å²) in [6, 6.07) is 14.1. The highest BCUT2D eigenvalue weighted by atomic mass is 16.2. The lowest BCUT2D eigenvalue weighted by molar-refractivity contribution is 0.251. The van der Waals surface area contributed by atoms with Crippen LogP contribution < -0.4 is 10.6 Å². The molecule has 0 aromatic heterocycles. The van der Waals surface area contributed by atoms with Crippen molar-refractivity contribution in [3.05, 3.63) is 64.7 Å². The Morgan fingerprint density at radius 3 is 2.26 bits per heavy atom. The predicted molar refractivity (Wildman–Crippen MR) is 95.6 cm³/mol. The van der Waals surface area contributed by atoms with Gasteiger partial charge in [-0.3, -0.25) is 0 Å². The van der Waals surface area contributed by atoms with E-state index in [4.69, 9.17) is 0 Å². The molecule has 0 spiro atoms. The number of amides is 2. The van der Waals surface area contributed by atoms with Crippen molar-refractivity contribution in [1.29, 1.82) is 0 Å². The zero-order valence-corrected chi connectivity index (χ0v) is 14.3. The van der Waals surface area contributed by atoms with Crippen LogP contribution in [0.25, 0.3) is 0 Å². The first kappa shape index (κ1) is 17.0. The minimum atomic E-state index is -0.180. The highest BCUT2D eigenvalue weighted by Crippen LogP contribution is 2.19. The van der Waals surface area contributed by atoms with Crippen LogP contribution in [0.4, 0.5) is 10.5 Å². The molecule has 0 saturated carbocycles. The van der Waals surface area contributed by atoms with Crippen LogP contribution in [-0.4, -0.2) is 25.0 Å². The molecule has 2 N–H and O–H groups in total.